The summed E-state index contributed by atoms with van der Waals surface area (Å²) in [4.78, 5) is 10.9. The molecule has 15 heavy (non-hydrogen) atoms. The molecule has 0 aliphatic carbocycles. The molecule has 0 atom stereocenters. The summed E-state index contributed by atoms with van der Waals surface area (Å²) >= 11 is 6.03. The summed E-state index contributed by atoms with van der Waals surface area (Å²) in [5.74, 6) is 0.657. The lowest BCUT2D eigenvalue weighted by Crippen LogP contribution is -2.18. The van der Waals surface area contributed by atoms with Gasteiger partial charge >= 0.3 is 0 Å². The molecule has 0 saturated carbocycles. The van der Waals surface area contributed by atoms with Crippen molar-refractivity contribution in [2.45, 2.75) is 26.2 Å². The number of hydrogen-bond donors (Lipinski definition) is 0. The molecule has 1 aromatic rings. The van der Waals surface area contributed by atoms with Gasteiger partial charge in [0.1, 0.15) is 12.0 Å². The standard InChI is InChI=1S/C12H15ClO2/c1-4-15-11-6-5-9(7-10(11)13)12(2,3)8-14/h5-8H,4H2,1-3H3. The van der Waals surface area contributed by atoms with E-state index in [4.69, 9.17) is 16.3 Å². The van der Waals surface area contributed by atoms with Gasteiger partial charge in [-0.15, -0.1) is 0 Å². The van der Waals surface area contributed by atoms with E-state index in [2.05, 4.69) is 0 Å². The molecule has 0 bridgehead atoms. The van der Waals surface area contributed by atoms with Gasteiger partial charge in [-0.1, -0.05) is 17.7 Å². The monoisotopic (exact) mass is 226 g/mol. The van der Waals surface area contributed by atoms with Gasteiger partial charge in [-0.3, -0.25) is 0 Å². The van der Waals surface area contributed by atoms with E-state index in [9.17, 15) is 4.79 Å². The molecule has 0 saturated heterocycles. The van der Waals surface area contributed by atoms with E-state index < -0.39 is 5.41 Å². The summed E-state index contributed by atoms with van der Waals surface area (Å²) in [5, 5.41) is 0.546. The maximum atomic E-state index is 10.9. The fraction of sp³-hybridized carbons (Fsp3) is 0.417. The van der Waals surface area contributed by atoms with Gasteiger partial charge < -0.3 is 9.53 Å². The molecule has 0 amide bonds. The Kier molecular flexibility index (Phi) is 3.75. The maximum Gasteiger partial charge on any atom is 0.137 e. The highest BCUT2D eigenvalue weighted by Crippen LogP contribution is 2.30. The molecule has 2 nitrogen and oxygen atoms in total. The summed E-state index contributed by atoms with van der Waals surface area (Å²) in [7, 11) is 0. The Hall–Kier alpha value is -1.02. The molecule has 3 heteroatoms. The average Bonchev–Trinajstić information content (AvgIpc) is 2.21. The Morgan fingerprint density at radius 1 is 1.47 bits per heavy atom. The molecule has 82 valence electrons. The average molecular weight is 227 g/mol. The molecule has 0 aromatic heterocycles. The minimum absolute atomic E-state index is 0.506. The van der Waals surface area contributed by atoms with Crippen molar-refractivity contribution in [2.24, 2.45) is 0 Å². The SMILES string of the molecule is CCOc1ccc(C(C)(C)C=O)cc1Cl. The summed E-state index contributed by atoms with van der Waals surface area (Å²) in [6.45, 7) is 6.19. The van der Waals surface area contributed by atoms with Gasteiger partial charge in [0.2, 0.25) is 0 Å². The van der Waals surface area contributed by atoms with E-state index in [1.165, 1.54) is 0 Å². The van der Waals surface area contributed by atoms with Crippen LogP contribution in [0.3, 0.4) is 0 Å². The van der Waals surface area contributed by atoms with Crippen LogP contribution in [0.15, 0.2) is 18.2 Å². The number of halogens is 1. The van der Waals surface area contributed by atoms with E-state index in [0.29, 0.717) is 17.4 Å². The van der Waals surface area contributed by atoms with E-state index in [1.807, 2.05) is 26.8 Å². The van der Waals surface area contributed by atoms with Crippen LogP contribution in [-0.2, 0) is 10.2 Å². The highest BCUT2D eigenvalue weighted by molar-refractivity contribution is 6.32. The van der Waals surface area contributed by atoms with Gasteiger partial charge in [0.05, 0.1) is 11.6 Å². The third-order valence-electron chi connectivity index (χ3n) is 2.27. The quantitative estimate of drug-likeness (QED) is 0.737. The molecule has 0 spiro atoms. The fourth-order valence-electron chi connectivity index (χ4n) is 1.24. The number of benzene rings is 1. The lowest BCUT2D eigenvalue weighted by molar-refractivity contribution is -0.111. The number of hydrogen-bond acceptors (Lipinski definition) is 2. The zero-order valence-electron chi connectivity index (χ0n) is 9.21. The normalized spacial score (nSPS) is 11.2. The Labute approximate surface area is 95.2 Å². The molecule has 1 rings (SSSR count). The second-order valence-electron chi connectivity index (χ2n) is 3.92. The van der Waals surface area contributed by atoms with Gasteiger partial charge in [-0.05, 0) is 38.5 Å². The number of carbonyl (C=O) groups is 1. The highest BCUT2D eigenvalue weighted by atomic mass is 35.5. The Balaban J connectivity index is 3.06. The van der Waals surface area contributed by atoms with Crippen LogP contribution in [0.1, 0.15) is 26.3 Å². The van der Waals surface area contributed by atoms with E-state index in [-0.39, 0.29) is 0 Å². The molecule has 1 aromatic carbocycles. The van der Waals surface area contributed by atoms with Crippen LogP contribution in [0.2, 0.25) is 5.02 Å². The first-order valence-electron chi connectivity index (χ1n) is 4.90. The van der Waals surface area contributed by atoms with Crippen molar-refractivity contribution in [3.05, 3.63) is 28.8 Å². The topological polar surface area (TPSA) is 26.3 Å². The highest BCUT2D eigenvalue weighted by Gasteiger charge is 2.20. The van der Waals surface area contributed by atoms with Gasteiger partial charge in [-0.25, -0.2) is 0 Å². The molecule has 0 fully saturated rings. The van der Waals surface area contributed by atoms with E-state index in [0.717, 1.165) is 11.8 Å². The molecular weight excluding hydrogens is 212 g/mol. The molecule has 0 radical (unpaired) electrons. The molecular formula is C12H15ClO2. The maximum absolute atomic E-state index is 10.9. The first-order chi connectivity index (χ1) is 7.01. The lowest BCUT2D eigenvalue weighted by atomic mass is 9.86. The van der Waals surface area contributed by atoms with Gasteiger partial charge in [0.15, 0.2) is 0 Å². The van der Waals surface area contributed by atoms with E-state index >= 15 is 0 Å². The second kappa shape index (κ2) is 4.67. The van der Waals surface area contributed by atoms with Crippen LogP contribution in [0.25, 0.3) is 0 Å². The zero-order valence-corrected chi connectivity index (χ0v) is 9.97. The molecule has 0 heterocycles. The molecule has 0 unspecified atom stereocenters. The van der Waals surface area contributed by atoms with Crippen molar-refractivity contribution in [1.29, 1.82) is 0 Å². The third kappa shape index (κ3) is 2.72. The molecule has 0 aliphatic heterocycles. The second-order valence-corrected chi connectivity index (χ2v) is 4.32. The van der Waals surface area contributed by atoms with Crippen LogP contribution in [0.4, 0.5) is 0 Å². The van der Waals surface area contributed by atoms with Crippen LogP contribution in [0.5, 0.6) is 5.75 Å². The minimum Gasteiger partial charge on any atom is -0.492 e. The summed E-state index contributed by atoms with van der Waals surface area (Å²) < 4.78 is 5.32. The van der Waals surface area contributed by atoms with Crippen molar-refractivity contribution in [3.8, 4) is 5.75 Å². The summed E-state index contributed by atoms with van der Waals surface area (Å²) in [5.41, 5.74) is 0.389. The lowest BCUT2D eigenvalue weighted by Gasteiger charge is -2.18. The summed E-state index contributed by atoms with van der Waals surface area (Å²) in [6, 6.07) is 5.44. The molecule has 0 aliphatic rings. The van der Waals surface area contributed by atoms with Gasteiger partial charge in [-0.2, -0.15) is 0 Å². The van der Waals surface area contributed by atoms with Crippen molar-refractivity contribution < 1.29 is 9.53 Å². The van der Waals surface area contributed by atoms with Crippen molar-refractivity contribution in [2.75, 3.05) is 6.61 Å². The Morgan fingerprint density at radius 2 is 2.13 bits per heavy atom. The fourth-order valence-corrected chi connectivity index (χ4v) is 1.48. The minimum atomic E-state index is -0.506. The van der Waals surface area contributed by atoms with Crippen molar-refractivity contribution in [3.63, 3.8) is 0 Å². The van der Waals surface area contributed by atoms with Gasteiger partial charge in [0.25, 0.3) is 0 Å². The number of aldehydes is 1. The first kappa shape index (κ1) is 12.1. The van der Waals surface area contributed by atoms with Crippen LogP contribution in [-0.4, -0.2) is 12.9 Å². The number of rotatable bonds is 4. The predicted octanol–water partition coefficient (Wildman–Crippen LogP) is 3.22. The van der Waals surface area contributed by atoms with Crippen LogP contribution in [0, 0.1) is 0 Å². The number of carbonyl (C=O) groups excluding carboxylic acids is 1. The van der Waals surface area contributed by atoms with Crippen LogP contribution < -0.4 is 4.74 Å². The van der Waals surface area contributed by atoms with E-state index in [1.54, 1.807) is 12.1 Å². The first-order valence-corrected chi connectivity index (χ1v) is 5.28. The van der Waals surface area contributed by atoms with Crippen molar-refractivity contribution in [1.82, 2.24) is 0 Å². The van der Waals surface area contributed by atoms with Gasteiger partial charge in [0, 0.05) is 5.41 Å². The number of ether oxygens (including phenoxy) is 1. The Morgan fingerprint density at radius 3 is 2.60 bits per heavy atom. The zero-order chi connectivity index (χ0) is 11.5. The van der Waals surface area contributed by atoms with Crippen LogP contribution >= 0.6 is 11.6 Å². The summed E-state index contributed by atoms with van der Waals surface area (Å²) in [6.07, 6.45) is 0.916. The smallest absolute Gasteiger partial charge is 0.137 e. The predicted molar refractivity (Wildman–Crippen MR) is 61.7 cm³/mol. The largest absolute Gasteiger partial charge is 0.492 e. The third-order valence-corrected chi connectivity index (χ3v) is 2.57. The molecule has 0 N–H and O–H groups in total. The van der Waals surface area contributed by atoms with Crippen molar-refractivity contribution >= 4 is 17.9 Å². The Bertz CT molecular complexity index is 359.